The van der Waals surface area contributed by atoms with E-state index >= 15 is 0 Å². The van der Waals surface area contributed by atoms with E-state index in [9.17, 15) is 0 Å². The number of anilines is 2. The molecule has 0 spiro atoms. The SMILES string of the molecule is CN(CCNc1ccc2scnc2c1N)C1CCCC1. The van der Waals surface area contributed by atoms with Gasteiger partial charge in [0, 0.05) is 19.1 Å². The first kappa shape index (κ1) is 13.6. The molecule has 3 rings (SSSR count). The molecular formula is C15H22N4S. The maximum absolute atomic E-state index is 6.17. The van der Waals surface area contributed by atoms with Gasteiger partial charge in [0.25, 0.3) is 0 Å². The molecule has 0 bridgehead atoms. The van der Waals surface area contributed by atoms with Crippen LogP contribution in [0.4, 0.5) is 11.4 Å². The van der Waals surface area contributed by atoms with Crippen LogP contribution in [0.15, 0.2) is 17.6 Å². The maximum Gasteiger partial charge on any atom is 0.106 e. The molecule has 0 aliphatic heterocycles. The minimum Gasteiger partial charge on any atom is -0.395 e. The summed E-state index contributed by atoms with van der Waals surface area (Å²) in [6, 6.07) is 4.92. The fraction of sp³-hybridized carbons (Fsp3) is 0.533. The van der Waals surface area contributed by atoms with Crippen LogP contribution < -0.4 is 11.1 Å². The van der Waals surface area contributed by atoms with Crippen LogP contribution in [-0.2, 0) is 0 Å². The van der Waals surface area contributed by atoms with Crippen molar-refractivity contribution in [2.75, 3.05) is 31.2 Å². The largest absolute Gasteiger partial charge is 0.395 e. The maximum atomic E-state index is 6.17. The Morgan fingerprint density at radius 3 is 3.00 bits per heavy atom. The summed E-state index contributed by atoms with van der Waals surface area (Å²) in [5.41, 5.74) is 10.7. The third-order valence-corrected chi connectivity index (χ3v) is 5.06. The summed E-state index contributed by atoms with van der Waals surface area (Å²) in [6.07, 6.45) is 5.47. The first-order valence-corrected chi connectivity index (χ1v) is 8.19. The van der Waals surface area contributed by atoms with Crippen molar-refractivity contribution in [1.82, 2.24) is 9.88 Å². The molecule has 0 amide bonds. The Labute approximate surface area is 124 Å². The van der Waals surface area contributed by atoms with Gasteiger partial charge in [0.05, 0.1) is 21.6 Å². The van der Waals surface area contributed by atoms with Gasteiger partial charge in [0.2, 0.25) is 0 Å². The number of nitrogens with zero attached hydrogens (tertiary/aromatic N) is 2. The van der Waals surface area contributed by atoms with Crippen LogP contribution >= 0.6 is 11.3 Å². The molecule has 1 aromatic heterocycles. The number of hydrogen-bond donors (Lipinski definition) is 2. The molecule has 1 aromatic carbocycles. The highest BCUT2D eigenvalue weighted by molar-refractivity contribution is 7.16. The molecular weight excluding hydrogens is 268 g/mol. The summed E-state index contributed by atoms with van der Waals surface area (Å²) in [4.78, 5) is 6.80. The van der Waals surface area contributed by atoms with E-state index in [-0.39, 0.29) is 0 Å². The minimum atomic E-state index is 0.771. The average molecular weight is 290 g/mol. The van der Waals surface area contributed by atoms with E-state index in [1.165, 1.54) is 25.7 Å². The second kappa shape index (κ2) is 5.97. The van der Waals surface area contributed by atoms with Gasteiger partial charge in [-0.1, -0.05) is 12.8 Å². The van der Waals surface area contributed by atoms with Crippen molar-refractivity contribution in [3.8, 4) is 0 Å². The van der Waals surface area contributed by atoms with Crippen molar-refractivity contribution in [2.24, 2.45) is 0 Å². The van der Waals surface area contributed by atoms with Crippen LogP contribution in [0.25, 0.3) is 10.2 Å². The van der Waals surface area contributed by atoms with Crippen molar-refractivity contribution in [2.45, 2.75) is 31.7 Å². The van der Waals surface area contributed by atoms with Crippen molar-refractivity contribution in [3.63, 3.8) is 0 Å². The Morgan fingerprint density at radius 2 is 2.20 bits per heavy atom. The van der Waals surface area contributed by atoms with Gasteiger partial charge in [-0.05, 0) is 32.0 Å². The molecule has 0 atom stereocenters. The van der Waals surface area contributed by atoms with Crippen LogP contribution in [-0.4, -0.2) is 36.1 Å². The van der Waals surface area contributed by atoms with Gasteiger partial charge in [0.15, 0.2) is 0 Å². The normalized spacial score (nSPS) is 16.3. The van der Waals surface area contributed by atoms with E-state index in [2.05, 4.69) is 34.4 Å². The highest BCUT2D eigenvalue weighted by Crippen LogP contribution is 2.29. The molecule has 1 fully saturated rings. The smallest absolute Gasteiger partial charge is 0.106 e. The molecule has 2 aromatic rings. The van der Waals surface area contributed by atoms with Gasteiger partial charge >= 0.3 is 0 Å². The lowest BCUT2D eigenvalue weighted by Crippen LogP contribution is -2.33. The Balaban J connectivity index is 1.58. The standard InChI is InChI=1S/C15H22N4S/c1-19(11-4-2-3-5-11)9-8-17-12-6-7-13-15(14(12)16)18-10-20-13/h6-7,10-11,17H,2-5,8-9,16H2,1H3. The predicted octanol–water partition coefficient (Wildman–Crippen LogP) is 3.16. The lowest BCUT2D eigenvalue weighted by molar-refractivity contribution is 0.254. The minimum absolute atomic E-state index is 0.771. The van der Waals surface area contributed by atoms with Gasteiger partial charge < -0.3 is 16.0 Å². The second-order valence-corrected chi connectivity index (χ2v) is 6.46. The van der Waals surface area contributed by atoms with E-state index in [0.717, 1.165) is 40.7 Å². The monoisotopic (exact) mass is 290 g/mol. The Hall–Kier alpha value is -1.33. The molecule has 20 heavy (non-hydrogen) atoms. The zero-order valence-electron chi connectivity index (χ0n) is 11.9. The fourth-order valence-electron chi connectivity index (χ4n) is 3.00. The van der Waals surface area contributed by atoms with Gasteiger partial charge in [-0.3, -0.25) is 0 Å². The zero-order valence-corrected chi connectivity index (χ0v) is 12.7. The summed E-state index contributed by atoms with van der Waals surface area (Å²) in [5.74, 6) is 0. The number of hydrogen-bond acceptors (Lipinski definition) is 5. The molecule has 1 saturated carbocycles. The summed E-state index contributed by atoms with van der Waals surface area (Å²) in [7, 11) is 2.23. The molecule has 1 heterocycles. The summed E-state index contributed by atoms with van der Waals surface area (Å²) in [6.45, 7) is 1.98. The van der Waals surface area contributed by atoms with Crippen molar-refractivity contribution in [1.29, 1.82) is 0 Å². The Bertz CT molecular complexity index is 574. The number of nitrogens with two attached hydrogens (primary N) is 1. The summed E-state index contributed by atoms with van der Waals surface area (Å²) < 4.78 is 1.15. The Morgan fingerprint density at radius 1 is 1.40 bits per heavy atom. The summed E-state index contributed by atoms with van der Waals surface area (Å²) in [5, 5.41) is 3.45. The summed E-state index contributed by atoms with van der Waals surface area (Å²) >= 11 is 1.63. The second-order valence-electron chi connectivity index (χ2n) is 5.57. The van der Waals surface area contributed by atoms with Gasteiger partial charge in [-0.2, -0.15) is 0 Å². The topological polar surface area (TPSA) is 54.2 Å². The lowest BCUT2D eigenvalue weighted by atomic mass is 10.2. The quantitative estimate of drug-likeness (QED) is 0.831. The lowest BCUT2D eigenvalue weighted by Gasteiger charge is -2.24. The van der Waals surface area contributed by atoms with E-state index in [1.807, 2.05) is 5.51 Å². The number of benzene rings is 1. The molecule has 1 aliphatic carbocycles. The van der Waals surface area contributed by atoms with Gasteiger partial charge in [-0.25, -0.2) is 4.98 Å². The van der Waals surface area contributed by atoms with E-state index in [0.29, 0.717) is 0 Å². The molecule has 3 N–H and O–H groups in total. The highest BCUT2D eigenvalue weighted by atomic mass is 32.1. The Kier molecular flexibility index (Phi) is 4.08. The van der Waals surface area contributed by atoms with E-state index < -0.39 is 0 Å². The molecule has 0 radical (unpaired) electrons. The molecule has 5 heteroatoms. The molecule has 1 aliphatic rings. The number of likely N-dealkylation sites (N-methyl/N-ethyl adjacent to an activating group) is 1. The number of nitrogens with one attached hydrogen (secondary N) is 1. The van der Waals surface area contributed by atoms with Crippen LogP contribution in [0.1, 0.15) is 25.7 Å². The van der Waals surface area contributed by atoms with Crippen LogP contribution in [0.2, 0.25) is 0 Å². The number of nitrogen functional groups attached to an aromatic ring is 1. The zero-order chi connectivity index (χ0) is 13.9. The third-order valence-electron chi connectivity index (χ3n) is 4.27. The van der Waals surface area contributed by atoms with Gasteiger partial charge in [0.1, 0.15) is 5.52 Å². The highest BCUT2D eigenvalue weighted by Gasteiger charge is 2.18. The van der Waals surface area contributed by atoms with Crippen LogP contribution in [0.3, 0.4) is 0 Å². The number of fused-ring (bicyclic) bond motifs is 1. The van der Waals surface area contributed by atoms with Gasteiger partial charge in [-0.15, -0.1) is 11.3 Å². The predicted molar refractivity (Wildman–Crippen MR) is 87.4 cm³/mol. The number of thiazole rings is 1. The van der Waals surface area contributed by atoms with Crippen LogP contribution in [0, 0.1) is 0 Å². The molecule has 0 unspecified atom stereocenters. The third kappa shape index (κ3) is 2.74. The van der Waals surface area contributed by atoms with E-state index in [1.54, 1.807) is 11.3 Å². The van der Waals surface area contributed by atoms with Crippen molar-refractivity contribution < 1.29 is 0 Å². The van der Waals surface area contributed by atoms with E-state index in [4.69, 9.17) is 5.73 Å². The average Bonchev–Trinajstić information content (AvgIpc) is 3.11. The molecule has 0 saturated heterocycles. The number of rotatable bonds is 5. The fourth-order valence-corrected chi connectivity index (χ4v) is 3.69. The molecule has 4 nitrogen and oxygen atoms in total. The molecule has 108 valence electrons. The van der Waals surface area contributed by atoms with Crippen molar-refractivity contribution in [3.05, 3.63) is 17.6 Å². The first-order valence-electron chi connectivity index (χ1n) is 7.31. The van der Waals surface area contributed by atoms with Crippen molar-refractivity contribution >= 4 is 32.9 Å². The van der Waals surface area contributed by atoms with Crippen LogP contribution in [0.5, 0.6) is 0 Å². The first-order chi connectivity index (χ1) is 9.75. The number of aromatic nitrogens is 1.